The van der Waals surface area contributed by atoms with E-state index >= 15 is 0 Å². The van der Waals surface area contributed by atoms with Gasteiger partial charge in [0, 0.05) is 13.7 Å². The molecule has 0 aliphatic rings. The van der Waals surface area contributed by atoms with Gasteiger partial charge in [0.2, 0.25) is 11.7 Å². The number of rotatable bonds is 7. The van der Waals surface area contributed by atoms with Crippen LogP contribution in [-0.4, -0.2) is 23.3 Å². The molecule has 2 N–H and O–H groups in total. The van der Waals surface area contributed by atoms with Gasteiger partial charge in [-0.2, -0.15) is 4.98 Å². The van der Waals surface area contributed by atoms with Crippen LogP contribution in [0.3, 0.4) is 0 Å². The Bertz CT molecular complexity index is 821. The molecule has 0 fully saturated rings. The Morgan fingerprint density at radius 1 is 1.04 bits per heavy atom. The van der Waals surface area contributed by atoms with Gasteiger partial charge in [-0.15, -0.1) is 0 Å². The number of aromatic nitrogens is 2. The quantitative estimate of drug-likeness (QED) is 0.682. The number of urea groups is 1. The van der Waals surface area contributed by atoms with Crippen molar-refractivity contribution in [1.82, 2.24) is 20.8 Å². The summed E-state index contributed by atoms with van der Waals surface area (Å²) in [6, 6.07) is 19.0. The van der Waals surface area contributed by atoms with E-state index in [1.54, 1.807) is 7.11 Å². The minimum Gasteiger partial charge on any atom is -0.369 e. The van der Waals surface area contributed by atoms with E-state index in [2.05, 4.69) is 20.8 Å². The summed E-state index contributed by atoms with van der Waals surface area (Å²) < 4.78 is 10.7. The van der Waals surface area contributed by atoms with Crippen LogP contribution in [0.4, 0.5) is 4.79 Å². The fraction of sp³-hybridized carbons (Fsp3) is 0.211. The van der Waals surface area contributed by atoms with Crippen LogP contribution in [0.15, 0.2) is 65.2 Å². The van der Waals surface area contributed by atoms with Gasteiger partial charge >= 0.3 is 6.03 Å². The van der Waals surface area contributed by atoms with Gasteiger partial charge in [0.05, 0.1) is 6.54 Å². The summed E-state index contributed by atoms with van der Waals surface area (Å²) in [4.78, 5) is 16.2. The van der Waals surface area contributed by atoms with E-state index < -0.39 is 6.10 Å². The topological polar surface area (TPSA) is 89.3 Å². The van der Waals surface area contributed by atoms with Crippen molar-refractivity contribution < 1.29 is 14.1 Å². The molecule has 1 atom stereocenters. The average molecular weight is 352 g/mol. The third-order valence-electron chi connectivity index (χ3n) is 3.75. The summed E-state index contributed by atoms with van der Waals surface area (Å²) in [5, 5.41) is 9.42. The fourth-order valence-corrected chi connectivity index (χ4v) is 2.46. The van der Waals surface area contributed by atoms with Crippen molar-refractivity contribution >= 4 is 6.03 Å². The van der Waals surface area contributed by atoms with Crippen LogP contribution < -0.4 is 10.6 Å². The summed E-state index contributed by atoms with van der Waals surface area (Å²) in [5.41, 5.74) is 1.95. The number of benzene rings is 2. The highest BCUT2D eigenvalue weighted by atomic mass is 16.5. The molecule has 134 valence electrons. The molecule has 1 unspecified atom stereocenters. The minimum atomic E-state index is -0.416. The van der Waals surface area contributed by atoms with Gasteiger partial charge in [0.25, 0.3) is 0 Å². The predicted molar refractivity (Wildman–Crippen MR) is 95.1 cm³/mol. The lowest BCUT2D eigenvalue weighted by Gasteiger charge is -2.10. The fourth-order valence-electron chi connectivity index (χ4n) is 2.46. The Labute approximate surface area is 151 Å². The highest BCUT2D eigenvalue weighted by Crippen LogP contribution is 2.22. The number of nitrogens with one attached hydrogen (secondary N) is 2. The molecule has 1 heterocycles. The first kappa shape index (κ1) is 17.6. The molecule has 1 aromatic heterocycles. The number of methoxy groups -OCH3 is 1. The van der Waals surface area contributed by atoms with Crippen LogP contribution in [0.1, 0.15) is 28.9 Å². The van der Waals surface area contributed by atoms with Gasteiger partial charge in [0.1, 0.15) is 6.10 Å². The van der Waals surface area contributed by atoms with Gasteiger partial charge in [-0.25, -0.2) is 4.79 Å². The van der Waals surface area contributed by atoms with Crippen molar-refractivity contribution in [3.05, 3.63) is 83.5 Å². The normalized spacial score (nSPS) is 11.7. The van der Waals surface area contributed by atoms with E-state index in [4.69, 9.17) is 9.26 Å². The molecular formula is C19H20N4O3. The number of ether oxygens (including phenoxy) is 1. The summed E-state index contributed by atoms with van der Waals surface area (Å²) in [7, 11) is 1.59. The van der Waals surface area contributed by atoms with Crippen molar-refractivity contribution in [2.75, 3.05) is 7.11 Å². The molecule has 2 amide bonds. The lowest BCUT2D eigenvalue weighted by Crippen LogP contribution is -2.34. The lowest BCUT2D eigenvalue weighted by molar-refractivity contribution is 0.126. The zero-order chi connectivity index (χ0) is 18.2. The smallest absolute Gasteiger partial charge is 0.315 e. The zero-order valence-electron chi connectivity index (χ0n) is 14.4. The first-order chi connectivity index (χ1) is 12.8. The maximum atomic E-state index is 11.9. The lowest BCUT2D eigenvalue weighted by atomic mass is 10.1. The summed E-state index contributed by atoms with van der Waals surface area (Å²) in [6.07, 6.45) is -0.416. The van der Waals surface area contributed by atoms with Gasteiger partial charge < -0.3 is 19.9 Å². The third-order valence-corrected chi connectivity index (χ3v) is 3.75. The van der Waals surface area contributed by atoms with Gasteiger partial charge in [-0.3, -0.25) is 0 Å². The Balaban J connectivity index is 1.52. The van der Waals surface area contributed by atoms with E-state index in [1.807, 2.05) is 60.7 Å². The number of carbonyl (C=O) groups is 1. The second-order valence-corrected chi connectivity index (χ2v) is 5.59. The van der Waals surface area contributed by atoms with Crippen LogP contribution in [-0.2, 0) is 17.8 Å². The molecule has 0 spiro atoms. The van der Waals surface area contributed by atoms with Crippen molar-refractivity contribution in [1.29, 1.82) is 0 Å². The number of amides is 2. The second-order valence-electron chi connectivity index (χ2n) is 5.59. The molecule has 26 heavy (non-hydrogen) atoms. The van der Waals surface area contributed by atoms with Crippen LogP contribution in [0.25, 0.3) is 0 Å². The molecule has 3 rings (SSSR count). The maximum Gasteiger partial charge on any atom is 0.315 e. The largest absolute Gasteiger partial charge is 0.369 e. The Morgan fingerprint density at radius 2 is 1.69 bits per heavy atom. The number of nitrogens with zero attached hydrogens (tertiary/aromatic N) is 2. The molecule has 0 saturated heterocycles. The SMILES string of the molecule is COC(c1ccccc1)c1noc(CNC(=O)NCc2ccccc2)n1. The van der Waals surface area contributed by atoms with Crippen molar-refractivity contribution in [2.24, 2.45) is 0 Å². The van der Waals surface area contributed by atoms with E-state index in [0.29, 0.717) is 18.3 Å². The number of carbonyl (C=O) groups excluding carboxylic acids is 1. The first-order valence-corrected chi connectivity index (χ1v) is 8.22. The standard InChI is InChI=1S/C19H20N4O3/c1-25-17(15-10-6-3-7-11-15)18-22-16(26-23-18)13-21-19(24)20-12-14-8-4-2-5-9-14/h2-11,17H,12-13H2,1H3,(H2,20,21,24). The Morgan fingerprint density at radius 3 is 2.38 bits per heavy atom. The van der Waals surface area contributed by atoms with Crippen LogP contribution in [0.2, 0.25) is 0 Å². The van der Waals surface area contributed by atoms with Crippen molar-refractivity contribution in [2.45, 2.75) is 19.2 Å². The van der Waals surface area contributed by atoms with E-state index in [-0.39, 0.29) is 12.6 Å². The summed E-state index contributed by atoms with van der Waals surface area (Å²) in [6.45, 7) is 0.584. The Hall–Kier alpha value is -3.19. The van der Waals surface area contributed by atoms with Crippen LogP contribution in [0, 0.1) is 0 Å². The zero-order valence-corrected chi connectivity index (χ0v) is 14.4. The van der Waals surface area contributed by atoms with E-state index in [9.17, 15) is 4.79 Å². The average Bonchev–Trinajstić information content (AvgIpc) is 3.16. The van der Waals surface area contributed by atoms with E-state index in [1.165, 1.54) is 0 Å². The molecule has 0 radical (unpaired) electrons. The summed E-state index contributed by atoms with van der Waals surface area (Å²) in [5.74, 6) is 0.730. The van der Waals surface area contributed by atoms with Crippen molar-refractivity contribution in [3.8, 4) is 0 Å². The molecule has 0 aliphatic carbocycles. The molecular weight excluding hydrogens is 332 g/mol. The molecule has 0 saturated carbocycles. The van der Waals surface area contributed by atoms with Crippen LogP contribution >= 0.6 is 0 Å². The van der Waals surface area contributed by atoms with Gasteiger partial charge in [0.15, 0.2) is 0 Å². The number of hydrogen-bond acceptors (Lipinski definition) is 5. The van der Waals surface area contributed by atoms with Crippen molar-refractivity contribution in [3.63, 3.8) is 0 Å². The Kier molecular flexibility index (Phi) is 5.95. The highest BCUT2D eigenvalue weighted by Gasteiger charge is 2.19. The number of hydrogen-bond donors (Lipinski definition) is 2. The monoisotopic (exact) mass is 352 g/mol. The molecule has 0 aliphatic heterocycles. The highest BCUT2D eigenvalue weighted by molar-refractivity contribution is 5.73. The molecule has 2 aromatic carbocycles. The van der Waals surface area contributed by atoms with E-state index in [0.717, 1.165) is 11.1 Å². The summed E-state index contributed by atoms with van der Waals surface area (Å²) >= 11 is 0. The van der Waals surface area contributed by atoms with Gasteiger partial charge in [-0.05, 0) is 11.1 Å². The molecule has 7 heteroatoms. The van der Waals surface area contributed by atoms with Crippen LogP contribution in [0.5, 0.6) is 0 Å². The second kappa shape index (κ2) is 8.77. The first-order valence-electron chi connectivity index (χ1n) is 8.22. The molecule has 0 bridgehead atoms. The maximum absolute atomic E-state index is 11.9. The molecule has 3 aromatic rings. The third kappa shape index (κ3) is 4.67. The molecule has 7 nitrogen and oxygen atoms in total. The van der Waals surface area contributed by atoms with Gasteiger partial charge in [-0.1, -0.05) is 65.8 Å². The predicted octanol–water partition coefficient (Wildman–Crippen LogP) is 2.80. The minimum absolute atomic E-state index is 0.138.